The summed E-state index contributed by atoms with van der Waals surface area (Å²) in [6.45, 7) is 1.34. The van der Waals surface area contributed by atoms with Crippen LogP contribution in [-0.4, -0.2) is 34.3 Å². The smallest absolute Gasteiger partial charge is 0.274 e. The lowest BCUT2D eigenvalue weighted by Crippen LogP contribution is -2.43. The van der Waals surface area contributed by atoms with Gasteiger partial charge in [0.15, 0.2) is 0 Å². The number of thiocarbonyl (C=S) groups is 1. The van der Waals surface area contributed by atoms with Gasteiger partial charge in [0.05, 0.1) is 5.57 Å². The second-order valence-corrected chi connectivity index (χ2v) is 4.20. The van der Waals surface area contributed by atoms with E-state index >= 15 is 0 Å². The van der Waals surface area contributed by atoms with Crippen LogP contribution in [0.25, 0.3) is 0 Å². The van der Waals surface area contributed by atoms with Gasteiger partial charge in [-0.05, 0) is 6.92 Å². The van der Waals surface area contributed by atoms with Crippen LogP contribution >= 0.6 is 12.2 Å². The largest absolute Gasteiger partial charge is 0.512 e. The van der Waals surface area contributed by atoms with Gasteiger partial charge in [-0.1, -0.05) is 42.5 Å². The van der Waals surface area contributed by atoms with E-state index in [2.05, 4.69) is 5.43 Å². The van der Waals surface area contributed by atoms with Crippen molar-refractivity contribution in [1.82, 2.24) is 10.4 Å². The minimum Gasteiger partial charge on any atom is -0.512 e. The van der Waals surface area contributed by atoms with E-state index in [1.54, 1.807) is 7.05 Å². The molecule has 0 radical (unpaired) electrons. The van der Waals surface area contributed by atoms with E-state index in [4.69, 9.17) is 17.6 Å². The third-order valence-corrected chi connectivity index (χ3v) is 2.88. The van der Waals surface area contributed by atoms with Crippen LogP contribution in [0, 0.1) is 5.41 Å². The third-order valence-electron chi connectivity index (χ3n) is 2.37. The van der Waals surface area contributed by atoms with Crippen molar-refractivity contribution in [2.24, 2.45) is 0 Å². The molecule has 3 N–H and O–H groups in total. The molecule has 0 aliphatic carbocycles. The number of hydrogen-bond acceptors (Lipinski definition) is 4. The fourth-order valence-corrected chi connectivity index (χ4v) is 1.55. The van der Waals surface area contributed by atoms with Crippen molar-refractivity contribution in [2.45, 2.75) is 6.92 Å². The first-order valence-electron chi connectivity index (χ1n) is 5.51. The number of nitrogens with zero attached hydrogens (tertiary/aromatic N) is 1. The normalized spacial score (nSPS) is 11.3. The zero-order chi connectivity index (χ0) is 14.4. The average molecular weight is 277 g/mol. The Kier molecular flexibility index (Phi) is 5.20. The molecular formula is C13H15N3O2S. The SMILES string of the molecule is CC(O)=C(C=N)C(=O)NN(C)C(=S)c1ccccc1. The molecule has 0 spiro atoms. The Bertz CT molecular complexity index is 522. The molecule has 0 aromatic heterocycles. The van der Waals surface area contributed by atoms with Crippen molar-refractivity contribution >= 4 is 29.3 Å². The highest BCUT2D eigenvalue weighted by Crippen LogP contribution is 2.04. The average Bonchev–Trinajstić information content (AvgIpc) is 2.39. The first kappa shape index (κ1) is 14.8. The Morgan fingerprint density at radius 3 is 2.47 bits per heavy atom. The molecule has 0 saturated heterocycles. The molecule has 6 heteroatoms. The van der Waals surface area contributed by atoms with Crippen molar-refractivity contribution < 1.29 is 9.90 Å². The predicted octanol–water partition coefficient (Wildman–Crippen LogP) is 1.81. The van der Waals surface area contributed by atoms with Crippen molar-refractivity contribution in [3.05, 3.63) is 47.2 Å². The van der Waals surface area contributed by atoms with E-state index in [0.29, 0.717) is 4.99 Å². The Morgan fingerprint density at radius 1 is 1.42 bits per heavy atom. The highest BCUT2D eigenvalue weighted by molar-refractivity contribution is 7.80. The first-order chi connectivity index (χ1) is 8.97. The quantitative estimate of drug-likeness (QED) is 0.259. The van der Waals surface area contributed by atoms with Gasteiger partial charge in [0.1, 0.15) is 10.7 Å². The Balaban J connectivity index is 2.78. The zero-order valence-corrected chi connectivity index (χ0v) is 11.5. The van der Waals surface area contributed by atoms with Crippen LogP contribution < -0.4 is 5.43 Å². The van der Waals surface area contributed by atoms with E-state index in [-0.39, 0.29) is 11.3 Å². The van der Waals surface area contributed by atoms with Gasteiger partial charge >= 0.3 is 0 Å². The van der Waals surface area contributed by atoms with E-state index < -0.39 is 5.91 Å². The lowest BCUT2D eigenvalue weighted by Gasteiger charge is -2.21. The summed E-state index contributed by atoms with van der Waals surface area (Å²) in [5.41, 5.74) is 3.18. The molecule has 0 heterocycles. The lowest BCUT2D eigenvalue weighted by molar-refractivity contribution is -0.119. The second-order valence-electron chi connectivity index (χ2n) is 3.81. The number of amides is 1. The van der Waals surface area contributed by atoms with Gasteiger partial charge in [-0.3, -0.25) is 15.2 Å². The Morgan fingerprint density at radius 2 is 2.00 bits per heavy atom. The summed E-state index contributed by atoms with van der Waals surface area (Å²) < 4.78 is 0. The molecule has 0 aliphatic heterocycles. The molecule has 0 bridgehead atoms. The zero-order valence-electron chi connectivity index (χ0n) is 10.7. The van der Waals surface area contributed by atoms with Crippen LogP contribution in [0.5, 0.6) is 0 Å². The number of aliphatic hydroxyl groups excluding tert-OH is 1. The molecule has 19 heavy (non-hydrogen) atoms. The maximum absolute atomic E-state index is 11.8. The number of allylic oxidation sites excluding steroid dienone is 1. The minimum atomic E-state index is -0.587. The maximum Gasteiger partial charge on any atom is 0.274 e. The fraction of sp³-hybridized carbons (Fsp3) is 0.154. The van der Waals surface area contributed by atoms with Crippen molar-refractivity contribution in [1.29, 1.82) is 5.41 Å². The molecule has 0 atom stereocenters. The van der Waals surface area contributed by atoms with E-state index in [1.807, 2.05) is 30.3 Å². The first-order valence-corrected chi connectivity index (χ1v) is 5.92. The number of hydrazine groups is 1. The molecule has 0 fully saturated rings. The van der Waals surface area contributed by atoms with Gasteiger partial charge in [0.25, 0.3) is 5.91 Å². The van der Waals surface area contributed by atoms with Crippen LogP contribution in [0.4, 0.5) is 0 Å². The number of rotatable bonds is 3. The molecule has 1 aromatic carbocycles. The lowest BCUT2D eigenvalue weighted by atomic mass is 10.2. The van der Waals surface area contributed by atoms with Crippen LogP contribution in [0.2, 0.25) is 0 Å². The molecule has 1 amide bonds. The number of hydrogen-bond donors (Lipinski definition) is 3. The summed E-state index contributed by atoms with van der Waals surface area (Å²) in [7, 11) is 1.60. The summed E-state index contributed by atoms with van der Waals surface area (Å²) in [6.07, 6.45) is 0.796. The van der Waals surface area contributed by atoms with Gasteiger partial charge in [0.2, 0.25) is 0 Å². The molecular weight excluding hydrogens is 262 g/mol. The molecule has 1 rings (SSSR count). The van der Waals surface area contributed by atoms with Crippen molar-refractivity contribution in [3.63, 3.8) is 0 Å². The monoisotopic (exact) mass is 277 g/mol. The topological polar surface area (TPSA) is 76.4 Å². The molecule has 0 unspecified atom stereocenters. The number of nitrogens with one attached hydrogen (secondary N) is 2. The summed E-state index contributed by atoms with van der Waals surface area (Å²) in [5.74, 6) is -0.803. The number of benzene rings is 1. The summed E-state index contributed by atoms with van der Waals surface area (Å²) in [5, 5.41) is 17.7. The van der Waals surface area contributed by atoms with Gasteiger partial charge in [0, 0.05) is 18.8 Å². The summed E-state index contributed by atoms with van der Waals surface area (Å²) in [6, 6.07) is 9.22. The van der Waals surface area contributed by atoms with Crippen LogP contribution in [0.1, 0.15) is 12.5 Å². The summed E-state index contributed by atoms with van der Waals surface area (Å²) in [4.78, 5) is 12.2. The van der Waals surface area contributed by atoms with Crippen LogP contribution in [0.3, 0.4) is 0 Å². The fourth-order valence-electron chi connectivity index (χ4n) is 1.37. The third kappa shape index (κ3) is 3.89. The standard InChI is InChI=1S/C13H15N3O2S/c1-9(17)11(8-14)12(18)15-16(2)13(19)10-6-4-3-5-7-10/h3-8,14,17H,1-2H3,(H,15,18). The Labute approximate surface area is 117 Å². The predicted molar refractivity (Wildman–Crippen MR) is 78.2 cm³/mol. The van der Waals surface area contributed by atoms with Crippen LogP contribution in [-0.2, 0) is 4.79 Å². The molecule has 5 nitrogen and oxygen atoms in total. The molecule has 0 saturated carbocycles. The number of aliphatic hydroxyl groups is 1. The van der Waals surface area contributed by atoms with Gasteiger partial charge in [-0.2, -0.15) is 0 Å². The highest BCUT2D eigenvalue weighted by Gasteiger charge is 2.14. The number of carbonyl (C=O) groups excluding carboxylic acids is 1. The molecule has 1 aromatic rings. The minimum absolute atomic E-state index is 0.109. The highest BCUT2D eigenvalue weighted by atomic mass is 32.1. The Hall–Kier alpha value is -2.21. The van der Waals surface area contributed by atoms with Gasteiger partial charge < -0.3 is 10.5 Å². The van der Waals surface area contributed by atoms with Gasteiger partial charge in [-0.25, -0.2) is 0 Å². The van der Waals surface area contributed by atoms with E-state index in [0.717, 1.165) is 11.8 Å². The molecule has 0 aliphatic rings. The second kappa shape index (κ2) is 6.65. The van der Waals surface area contributed by atoms with Gasteiger partial charge in [-0.15, -0.1) is 0 Å². The van der Waals surface area contributed by atoms with Crippen molar-refractivity contribution in [2.75, 3.05) is 7.05 Å². The number of carbonyl (C=O) groups is 1. The maximum atomic E-state index is 11.8. The van der Waals surface area contributed by atoms with E-state index in [1.165, 1.54) is 11.9 Å². The van der Waals surface area contributed by atoms with Crippen LogP contribution in [0.15, 0.2) is 41.7 Å². The van der Waals surface area contributed by atoms with Crippen molar-refractivity contribution in [3.8, 4) is 0 Å². The van der Waals surface area contributed by atoms with E-state index in [9.17, 15) is 9.90 Å². The summed E-state index contributed by atoms with van der Waals surface area (Å²) >= 11 is 5.23. The molecule has 100 valence electrons.